The Kier molecular flexibility index (Phi) is 4.77. The summed E-state index contributed by atoms with van der Waals surface area (Å²) in [5.74, 6) is -11.9. The number of anilines is 2. The predicted octanol–water partition coefficient (Wildman–Crippen LogP) is 3.10. The minimum atomic E-state index is -1.69. The van der Waals surface area contributed by atoms with Gasteiger partial charge in [0.2, 0.25) is 0 Å². The molecule has 0 bridgehead atoms. The fourth-order valence-corrected chi connectivity index (χ4v) is 1.66. The van der Waals surface area contributed by atoms with E-state index in [0.717, 1.165) is 0 Å². The number of carbonyl (C=O) groups is 2. The van der Waals surface area contributed by atoms with Crippen LogP contribution in [0, 0.1) is 34.9 Å². The molecule has 0 saturated carbocycles. The maximum absolute atomic E-state index is 13.3. The second-order valence-electron chi connectivity index (χ2n) is 4.40. The second-order valence-corrected chi connectivity index (χ2v) is 4.40. The Morgan fingerprint density at radius 1 is 0.583 bits per heavy atom. The van der Waals surface area contributed by atoms with Crippen LogP contribution in [0.1, 0.15) is 0 Å². The Labute approximate surface area is 130 Å². The van der Waals surface area contributed by atoms with E-state index in [4.69, 9.17) is 0 Å². The van der Waals surface area contributed by atoms with E-state index in [9.17, 15) is 35.9 Å². The maximum atomic E-state index is 13.3. The van der Waals surface area contributed by atoms with Gasteiger partial charge in [0.05, 0.1) is 0 Å². The van der Waals surface area contributed by atoms with E-state index in [1.165, 1.54) is 10.6 Å². The number of nitrogens with one attached hydrogen (secondary N) is 2. The highest BCUT2D eigenvalue weighted by Gasteiger charge is 2.22. The normalized spacial score (nSPS) is 10.4. The van der Waals surface area contributed by atoms with Crippen molar-refractivity contribution in [2.75, 3.05) is 10.6 Å². The first-order valence-corrected chi connectivity index (χ1v) is 6.10. The van der Waals surface area contributed by atoms with E-state index in [-0.39, 0.29) is 24.3 Å². The molecule has 2 aromatic carbocycles. The Bertz CT molecular complexity index is 724. The predicted molar refractivity (Wildman–Crippen MR) is 69.9 cm³/mol. The van der Waals surface area contributed by atoms with E-state index < -0.39 is 58.1 Å². The smallest absolute Gasteiger partial charge is 0.313 e. The van der Waals surface area contributed by atoms with Crippen molar-refractivity contribution in [3.63, 3.8) is 0 Å². The zero-order chi connectivity index (χ0) is 18.0. The summed E-state index contributed by atoms with van der Waals surface area (Å²) in [4.78, 5) is 23.1. The highest BCUT2D eigenvalue weighted by Crippen LogP contribution is 2.22. The summed E-state index contributed by atoms with van der Waals surface area (Å²) < 4.78 is 78.8. The summed E-state index contributed by atoms with van der Waals surface area (Å²) >= 11 is 0. The average Bonchev–Trinajstić information content (AvgIpc) is 2.46. The van der Waals surface area contributed by atoms with Crippen LogP contribution in [0.15, 0.2) is 24.3 Å². The fraction of sp³-hybridized carbons (Fsp3) is 0. The number of halogens is 6. The van der Waals surface area contributed by atoms with Gasteiger partial charge in [-0.1, -0.05) is 0 Å². The van der Waals surface area contributed by atoms with Crippen LogP contribution in [-0.4, -0.2) is 11.8 Å². The molecule has 0 aliphatic carbocycles. The van der Waals surface area contributed by atoms with Gasteiger partial charge in [-0.05, 0) is 0 Å². The van der Waals surface area contributed by atoms with Crippen LogP contribution in [0.3, 0.4) is 0 Å². The molecule has 2 rings (SSSR count). The van der Waals surface area contributed by atoms with Crippen molar-refractivity contribution >= 4 is 23.2 Å². The number of amides is 2. The molecular formula is C14H6F6N2O2. The molecule has 2 N–H and O–H groups in total. The average molecular weight is 348 g/mol. The standard InChI is InChI=1S/C14H6F6N2O2/c15-5-1-7(17)11(8(18)2-5)21-13(23)14(24)22-12-9(19)3-6(16)4-10(12)20/h1-4H,(H,21,23)(H,22,24). The van der Waals surface area contributed by atoms with Gasteiger partial charge in [-0.25, -0.2) is 26.3 Å². The number of carbonyl (C=O) groups excluding carboxylic acids is 2. The molecule has 2 aromatic rings. The minimum absolute atomic E-state index is 0.246. The first-order chi connectivity index (χ1) is 11.2. The molecule has 4 nitrogen and oxygen atoms in total. The van der Waals surface area contributed by atoms with Crippen molar-refractivity contribution in [1.82, 2.24) is 0 Å². The Morgan fingerprint density at radius 3 is 1.08 bits per heavy atom. The highest BCUT2D eigenvalue weighted by molar-refractivity contribution is 6.43. The van der Waals surface area contributed by atoms with Crippen molar-refractivity contribution in [3.8, 4) is 0 Å². The van der Waals surface area contributed by atoms with E-state index in [2.05, 4.69) is 0 Å². The third-order valence-corrected chi connectivity index (χ3v) is 2.70. The topological polar surface area (TPSA) is 58.2 Å². The molecule has 0 fully saturated rings. The summed E-state index contributed by atoms with van der Waals surface area (Å²) in [5, 5.41) is 2.98. The summed E-state index contributed by atoms with van der Waals surface area (Å²) in [7, 11) is 0. The lowest BCUT2D eigenvalue weighted by Crippen LogP contribution is -2.30. The first-order valence-electron chi connectivity index (χ1n) is 6.10. The summed E-state index contributed by atoms with van der Waals surface area (Å²) in [5.41, 5.74) is -2.26. The molecule has 126 valence electrons. The minimum Gasteiger partial charge on any atom is -0.313 e. The first kappa shape index (κ1) is 17.3. The third kappa shape index (κ3) is 3.65. The van der Waals surface area contributed by atoms with Crippen molar-refractivity contribution < 1.29 is 35.9 Å². The summed E-state index contributed by atoms with van der Waals surface area (Å²) in [6.07, 6.45) is 0. The van der Waals surface area contributed by atoms with Crippen molar-refractivity contribution in [1.29, 1.82) is 0 Å². The van der Waals surface area contributed by atoms with Gasteiger partial charge in [0.15, 0.2) is 23.3 Å². The zero-order valence-corrected chi connectivity index (χ0v) is 11.4. The lowest BCUT2D eigenvalue weighted by Gasteiger charge is -2.09. The zero-order valence-electron chi connectivity index (χ0n) is 11.4. The van der Waals surface area contributed by atoms with Crippen molar-refractivity contribution in [3.05, 3.63) is 59.2 Å². The van der Waals surface area contributed by atoms with Gasteiger partial charge in [0.1, 0.15) is 23.0 Å². The van der Waals surface area contributed by atoms with Gasteiger partial charge < -0.3 is 10.6 Å². The molecule has 0 radical (unpaired) electrons. The van der Waals surface area contributed by atoms with Crippen LogP contribution in [-0.2, 0) is 9.59 Å². The van der Waals surface area contributed by atoms with Crippen molar-refractivity contribution in [2.24, 2.45) is 0 Å². The molecule has 10 heteroatoms. The second kappa shape index (κ2) is 6.60. The molecule has 2 amide bonds. The Morgan fingerprint density at radius 2 is 0.833 bits per heavy atom. The monoisotopic (exact) mass is 348 g/mol. The third-order valence-electron chi connectivity index (χ3n) is 2.70. The van der Waals surface area contributed by atoms with Crippen LogP contribution < -0.4 is 10.6 Å². The number of hydrogen-bond acceptors (Lipinski definition) is 2. The largest absolute Gasteiger partial charge is 0.314 e. The molecule has 0 aromatic heterocycles. The van der Waals surface area contributed by atoms with E-state index in [0.29, 0.717) is 0 Å². The van der Waals surface area contributed by atoms with Crippen LogP contribution in [0.4, 0.5) is 37.7 Å². The molecule has 0 aliphatic rings. The highest BCUT2D eigenvalue weighted by atomic mass is 19.2. The van der Waals surface area contributed by atoms with Gasteiger partial charge in [-0.15, -0.1) is 0 Å². The van der Waals surface area contributed by atoms with Gasteiger partial charge in [0.25, 0.3) is 0 Å². The molecule has 24 heavy (non-hydrogen) atoms. The van der Waals surface area contributed by atoms with E-state index in [1.54, 1.807) is 0 Å². The molecule has 0 heterocycles. The van der Waals surface area contributed by atoms with Crippen molar-refractivity contribution in [2.45, 2.75) is 0 Å². The lowest BCUT2D eigenvalue weighted by molar-refractivity contribution is -0.133. The Hall–Kier alpha value is -3.04. The number of rotatable bonds is 2. The quantitative estimate of drug-likeness (QED) is 0.647. The van der Waals surface area contributed by atoms with E-state index in [1.807, 2.05) is 0 Å². The number of hydrogen-bond donors (Lipinski definition) is 2. The maximum Gasteiger partial charge on any atom is 0.314 e. The molecule has 0 atom stereocenters. The van der Waals surface area contributed by atoms with E-state index >= 15 is 0 Å². The van der Waals surface area contributed by atoms with Crippen LogP contribution in [0.25, 0.3) is 0 Å². The molecule has 0 unspecified atom stereocenters. The molecule has 0 aliphatic heterocycles. The molecule has 0 saturated heterocycles. The summed E-state index contributed by atoms with van der Waals surface area (Å²) in [6, 6.07) is 0.984. The summed E-state index contributed by atoms with van der Waals surface area (Å²) in [6.45, 7) is 0. The fourth-order valence-electron chi connectivity index (χ4n) is 1.66. The van der Waals surface area contributed by atoms with Crippen LogP contribution in [0.5, 0.6) is 0 Å². The Balaban J connectivity index is 2.19. The van der Waals surface area contributed by atoms with Gasteiger partial charge in [-0.3, -0.25) is 9.59 Å². The van der Waals surface area contributed by atoms with Crippen LogP contribution >= 0.6 is 0 Å². The van der Waals surface area contributed by atoms with Gasteiger partial charge in [-0.2, -0.15) is 0 Å². The van der Waals surface area contributed by atoms with Crippen LogP contribution in [0.2, 0.25) is 0 Å². The lowest BCUT2D eigenvalue weighted by atomic mass is 10.2. The SMILES string of the molecule is O=C(Nc1c(F)cc(F)cc1F)C(=O)Nc1c(F)cc(F)cc1F. The number of benzene rings is 2. The molecular weight excluding hydrogens is 342 g/mol. The van der Waals surface area contributed by atoms with Gasteiger partial charge in [0, 0.05) is 24.3 Å². The molecule has 0 spiro atoms. The van der Waals surface area contributed by atoms with Gasteiger partial charge >= 0.3 is 11.8 Å².